The third-order valence-corrected chi connectivity index (χ3v) is 15.2. The topological polar surface area (TPSA) is 186 Å². The number of H-pyrrole nitrogens is 1. The Morgan fingerprint density at radius 2 is 1.29 bits per heavy atom. The number of hydrogen-bond donors (Lipinski definition) is 3. The number of benzene rings is 3. The molecule has 6 aliphatic heterocycles. The summed E-state index contributed by atoms with van der Waals surface area (Å²) in [5.74, 6) is 2.05. The van der Waals surface area contributed by atoms with Crippen LogP contribution < -0.4 is 15.4 Å². The normalized spacial score (nSPS) is 22.0. The number of aromatic nitrogens is 2. The minimum atomic E-state index is -0.700. The van der Waals surface area contributed by atoms with Gasteiger partial charge in [-0.25, -0.2) is 14.6 Å². The predicted octanol–water partition coefficient (Wildman–Crippen LogP) is 7.76. The molecule has 4 aromatic rings. The van der Waals surface area contributed by atoms with Gasteiger partial charge in [0, 0.05) is 73.8 Å². The molecular formula is C52H61N7O9. The van der Waals surface area contributed by atoms with Crippen LogP contribution >= 0.6 is 0 Å². The van der Waals surface area contributed by atoms with E-state index in [9.17, 15) is 19.2 Å². The summed E-state index contributed by atoms with van der Waals surface area (Å²) < 4.78 is 27.6. The predicted molar refractivity (Wildman–Crippen MR) is 253 cm³/mol. The standard InChI is InChI=1S/C52H61N7O9/c1-52(2)36-12-9-33(32-10-13-38-35(25-32)27-39(54-38)41-7-5-19-58(41)48(60)45(56-50(62)64-3)30-15-21-66-22-16-30)28-44(36)68-43-14-11-34(26-37(43)52)40-29-53-47(55-40)42-8-6-20-59(42)49(61)46(57-51(63)65-4)31-17-23-67-24-18-31/h9-14,25-26,28-31,41-42,45-46H,5-8,15-24,27H2,1-4H3,(H,53,55)(H,56,62)(H,57,63)/t41-,42-,45-,46-/m0/s1. The van der Waals surface area contributed by atoms with Crippen molar-refractivity contribution < 1.29 is 42.9 Å². The highest BCUT2D eigenvalue weighted by Crippen LogP contribution is 2.50. The van der Waals surface area contributed by atoms with E-state index in [1.54, 1.807) is 0 Å². The summed E-state index contributed by atoms with van der Waals surface area (Å²) >= 11 is 0. The van der Waals surface area contributed by atoms with Gasteiger partial charge in [0.05, 0.1) is 43.9 Å². The molecule has 0 bridgehead atoms. The maximum Gasteiger partial charge on any atom is 0.407 e. The summed E-state index contributed by atoms with van der Waals surface area (Å²) in [6, 6.07) is 17.3. The molecule has 3 aromatic carbocycles. The number of likely N-dealkylation sites (tertiary alicyclic amines) is 2. The summed E-state index contributed by atoms with van der Waals surface area (Å²) in [7, 11) is 2.63. The number of alkyl carbamates (subject to hydrolysis) is 2. The first-order valence-corrected chi connectivity index (χ1v) is 24.2. The highest BCUT2D eigenvalue weighted by atomic mass is 16.5. The van der Waals surface area contributed by atoms with Crippen molar-refractivity contribution >= 4 is 35.4 Å². The largest absolute Gasteiger partial charge is 0.457 e. The number of carbonyl (C=O) groups excluding carboxylic acids is 4. The Kier molecular flexibility index (Phi) is 12.7. The van der Waals surface area contributed by atoms with Crippen LogP contribution in [0.2, 0.25) is 0 Å². The van der Waals surface area contributed by atoms with Crippen LogP contribution in [0.15, 0.2) is 65.8 Å². The number of fused-ring (bicyclic) bond motifs is 3. The summed E-state index contributed by atoms with van der Waals surface area (Å²) in [6.45, 7) is 7.87. The average Bonchev–Trinajstić information content (AvgIpc) is 4.22. The van der Waals surface area contributed by atoms with Crippen LogP contribution in [0, 0.1) is 11.8 Å². The number of hydrogen-bond acceptors (Lipinski definition) is 11. The number of ether oxygens (including phenoxy) is 5. The van der Waals surface area contributed by atoms with Gasteiger partial charge in [0.15, 0.2) is 0 Å². The molecule has 4 saturated heterocycles. The van der Waals surface area contributed by atoms with Crippen molar-refractivity contribution in [3.63, 3.8) is 0 Å². The summed E-state index contributed by atoms with van der Waals surface area (Å²) in [6.07, 6.45) is 7.33. The SMILES string of the molecule is COC(=O)N[C@H](C(=O)N1CCC[C@H]1C1=Nc2ccc(-c3ccc4c(c3)Oc3ccc(-c5cnc([C@@H]6CCCN6C(=O)[C@@H](NC(=O)OC)C6CCOCC6)[nH]5)cc3C4(C)C)cc2C1)C1CCOCC1. The van der Waals surface area contributed by atoms with Gasteiger partial charge in [-0.1, -0.05) is 32.0 Å². The molecule has 0 unspecified atom stereocenters. The Hall–Kier alpha value is -6.26. The summed E-state index contributed by atoms with van der Waals surface area (Å²) in [5, 5.41) is 5.68. The molecule has 10 rings (SSSR count). The molecule has 0 radical (unpaired) electrons. The molecule has 1 aromatic heterocycles. The maximum atomic E-state index is 14.2. The van der Waals surface area contributed by atoms with Gasteiger partial charge in [0.1, 0.15) is 29.4 Å². The van der Waals surface area contributed by atoms with Gasteiger partial charge in [0.25, 0.3) is 0 Å². The van der Waals surface area contributed by atoms with E-state index in [4.69, 9.17) is 33.7 Å². The fraction of sp³-hybridized carbons (Fsp3) is 0.500. The van der Waals surface area contributed by atoms with Crippen molar-refractivity contribution in [2.24, 2.45) is 16.8 Å². The highest BCUT2D eigenvalue weighted by molar-refractivity contribution is 6.01. The fourth-order valence-corrected chi connectivity index (χ4v) is 11.4. The van der Waals surface area contributed by atoms with Gasteiger partial charge >= 0.3 is 12.2 Å². The van der Waals surface area contributed by atoms with Crippen molar-refractivity contribution in [2.45, 2.75) is 101 Å². The number of nitrogens with zero attached hydrogens (tertiary/aromatic N) is 4. The van der Waals surface area contributed by atoms with Gasteiger partial charge < -0.3 is 49.1 Å². The number of methoxy groups -OCH3 is 2. The third kappa shape index (κ3) is 8.72. The molecule has 68 heavy (non-hydrogen) atoms. The summed E-state index contributed by atoms with van der Waals surface area (Å²) in [5.41, 5.74) is 8.66. The maximum absolute atomic E-state index is 14.2. The molecular weight excluding hydrogens is 867 g/mol. The Bertz CT molecular complexity index is 2610. The number of carbonyl (C=O) groups is 4. The second-order valence-electron chi connectivity index (χ2n) is 19.5. The zero-order valence-electron chi connectivity index (χ0n) is 39.3. The molecule has 0 saturated carbocycles. The minimum Gasteiger partial charge on any atom is -0.457 e. The van der Waals surface area contributed by atoms with Crippen LogP contribution in [0.5, 0.6) is 11.5 Å². The highest BCUT2D eigenvalue weighted by Gasteiger charge is 2.43. The lowest BCUT2D eigenvalue weighted by Gasteiger charge is -2.35. The molecule has 4 fully saturated rings. The Morgan fingerprint density at radius 3 is 1.94 bits per heavy atom. The van der Waals surface area contributed by atoms with Gasteiger partial charge in [-0.05, 0) is 116 Å². The van der Waals surface area contributed by atoms with Crippen molar-refractivity contribution in [3.05, 3.63) is 83.3 Å². The number of amides is 4. The van der Waals surface area contributed by atoms with Crippen LogP contribution in [0.1, 0.15) is 93.8 Å². The number of imidazole rings is 1. The third-order valence-electron chi connectivity index (χ3n) is 15.2. The Labute approximate surface area is 396 Å². The van der Waals surface area contributed by atoms with Gasteiger partial charge in [-0.15, -0.1) is 0 Å². The second-order valence-corrected chi connectivity index (χ2v) is 19.5. The molecule has 16 nitrogen and oxygen atoms in total. The van der Waals surface area contributed by atoms with Gasteiger partial charge in [0.2, 0.25) is 11.8 Å². The summed E-state index contributed by atoms with van der Waals surface area (Å²) in [4.78, 5) is 70.3. The Morgan fingerprint density at radius 1 is 0.706 bits per heavy atom. The number of aromatic amines is 1. The Balaban J connectivity index is 0.829. The van der Waals surface area contributed by atoms with Crippen LogP contribution in [0.3, 0.4) is 0 Å². The van der Waals surface area contributed by atoms with E-state index in [2.05, 4.69) is 71.9 Å². The molecule has 7 heterocycles. The zero-order chi connectivity index (χ0) is 47.1. The van der Waals surface area contributed by atoms with E-state index < -0.39 is 24.3 Å². The van der Waals surface area contributed by atoms with E-state index in [1.165, 1.54) is 14.2 Å². The zero-order valence-corrected chi connectivity index (χ0v) is 39.3. The van der Waals surface area contributed by atoms with E-state index >= 15 is 0 Å². The van der Waals surface area contributed by atoms with Crippen molar-refractivity contribution in [3.8, 4) is 33.9 Å². The van der Waals surface area contributed by atoms with Crippen molar-refractivity contribution in [2.75, 3.05) is 53.7 Å². The van der Waals surface area contributed by atoms with Crippen LogP contribution in [-0.4, -0.2) is 121 Å². The van der Waals surface area contributed by atoms with Crippen LogP contribution in [0.4, 0.5) is 15.3 Å². The first-order valence-electron chi connectivity index (χ1n) is 24.2. The van der Waals surface area contributed by atoms with E-state index in [0.717, 1.165) is 93.5 Å². The monoisotopic (exact) mass is 927 g/mol. The first kappa shape index (κ1) is 45.5. The van der Waals surface area contributed by atoms with Crippen molar-refractivity contribution in [1.29, 1.82) is 0 Å². The van der Waals surface area contributed by atoms with E-state index in [-0.39, 0.29) is 41.1 Å². The smallest absolute Gasteiger partial charge is 0.407 e. The number of aliphatic imine (C=N–C) groups is 1. The number of rotatable bonds is 10. The van der Waals surface area contributed by atoms with Crippen molar-refractivity contribution in [1.82, 2.24) is 30.4 Å². The van der Waals surface area contributed by atoms with E-state index in [1.807, 2.05) is 28.1 Å². The quantitative estimate of drug-likeness (QED) is 0.142. The lowest BCUT2D eigenvalue weighted by atomic mass is 9.75. The molecule has 0 spiro atoms. The molecule has 358 valence electrons. The minimum absolute atomic E-state index is 0.0219. The molecule has 3 N–H and O–H groups in total. The molecule has 16 heteroatoms. The van der Waals surface area contributed by atoms with Gasteiger partial charge in [-0.2, -0.15) is 0 Å². The first-order chi connectivity index (χ1) is 33.0. The van der Waals surface area contributed by atoms with Crippen LogP contribution in [-0.2, 0) is 40.4 Å². The molecule has 4 atom stereocenters. The lowest BCUT2D eigenvalue weighted by molar-refractivity contribution is -0.137. The second kappa shape index (κ2) is 19.0. The molecule has 0 aliphatic carbocycles. The van der Waals surface area contributed by atoms with Gasteiger partial charge in [-0.3, -0.25) is 14.6 Å². The molecule has 6 aliphatic rings. The molecule has 4 amide bonds. The average molecular weight is 928 g/mol. The fourth-order valence-electron chi connectivity index (χ4n) is 11.4. The number of nitrogens with one attached hydrogen (secondary N) is 3. The van der Waals surface area contributed by atoms with Crippen LogP contribution in [0.25, 0.3) is 22.4 Å². The van der Waals surface area contributed by atoms with E-state index in [0.29, 0.717) is 71.6 Å². The lowest BCUT2D eigenvalue weighted by Crippen LogP contribution is -2.55.